The fourth-order valence-electron chi connectivity index (χ4n) is 7.20. The fourth-order valence-corrected chi connectivity index (χ4v) is 7.20. The van der Waals surface area contributed by atoms with Crippen molar-refractivity contribution in [1.82, 2.24) is 0 Å². The molecule has 0 N–H and O–H groups in total. The molecule has 8 aromatic rings. The van der Waals surface area contributed by atoms with Gasteiger partial charge >= 0.3 is 53.5 Å². The predicted molar refractivity (Wildman–Crippen MR) is 242 cm³/mol. The molecule has 6 heteroatoms. The third kappa shape index (κ3) is 9.71. The Morgan fingerprint density at radius 2 is 0.893 bits per heavy atom. The molecule has 0 aliphatic heterocycles. The van der Waals surface area contributed by atoms with Crippen LogP contribution in [-0.2, 0) is 43.7 Å². The number of hydrogen-bond donors (Lipinski definition) is 0. The third-order valence-electron chi connectivity index (χ3n) is 10.4. The Morgan fingerprint density at radius 3 is 1.18 bits per heavy atom. The molecule has 6 aromatic carbocycles. The number of aryl methyl sites for hydroxylation is 6. The second-order valence-electron chi connectivity index (χ2n) is 14.6. The second kappa shape index (κ2) is 19.2. The molecule has 0 spiro atoms. The Kier molecular flexibility index (Phi) is 14.4. The first-order valence-electron chi connectivity index (χ1n) is 19.8. The molecule has 2 heterocycles. The van der Waals surface area contributed by atoms with Gasteiger partial charge in [0.2, 0.25) is 0 Å². The van der Waals surface area contributed by atoms with Crippen molar-refractivity contribution in [2.75, 3.05) is 0 Å². The van der Waals surface area contributed by atoms with Crippen LogP contribution in [0.1, 0.15) is 61.5 Å². The minimum atomic E-state index is -1.65. The molecule has 2 nitrogen and oxygen atoms in total. The summed E-state index contributed by atoms with van der Waals surface area (Å²) in [5, 5.41) is 5.17. The zero-order chi connectivity index (χ0) is 39.9. The number of halogens is 2. The van der Waals surface area contributed by atoms with Gasteiger partial charge in [-0.05, 0) is 97.2 Å². The van der Waals surface area contributed by atoms with E-state index in [4.69, 9.17) is 25.9 Å². The van der Waals surface area contributed by atoms with Gasteiger partial charge in [0.1, 0.15) is 0 Å². The fraction of sp³-hybridized carbons (Fsp3) is 0.240. The molecule has 0 fully saturated rings. The molecule has 288 valence electrons. The van der Waals surface area contributed by atoms with Crippen LogP contribution in [0.4, 0.5) is 0 Å². The molecule has 0 aliphatic rings. The van der Waals surface area contributed by atoms with Crippen molar-refractivity contribution < 1.29 is 26.8 Å². The summed E-state index contributed by atoms with van der Waals surface area (Å²) in [6.07, 6.45) is 4.20. The Bertz CT molecular complexity index is 2390. The molecule has 2 aromatic heterocycles. The van der Waals surface area contributed by atoms with Crippen molar-refractivity contribution in [2.24, 2.45) is 0 Å². The summed E-state index contributed by atoms with van der Waals surface area (Å²) in [5.41, 5.74) is 12.9. The topological polar surface area (TPSA) is 26.3 Å². The van der Waals surface area contributed by atoms with Gasteiger partial charge in [-0.1, -0.05) is 111 Å². The van der Waals surface area contributed by atoms with Crippen LogP contribution in [0.3, 0.4) is 0 Å². The van der Waals surface area contributed by atoms with Gasteiger partial charge in [0.15, 0.2) is 0 Å². The number of fused-ring (bicyclic) bond motifs is 2. The Hall–Kier alpha value is -3.66. The van der Waals surface area contributed by atoms with Crippen LogP contribution in [0, 0.1) is 13.8 Å². The maximum absolute atomic E-state index is 5.83. The monoisotopic (exact) mass is 872 g/mol. The second-order valence-corrected chi connectivity index (χ2v) is 37.6. The van der Waals surface area contributed by atoms with Gasteiger partial charge in [0.05, 0.1) is 23.0 Å². The zero-order valence-electron chi connectivity index (χ0n) is 33.9. The van der Waals surface area contributed by atoms with Crippen LogP contribution < -0.4 is 0 Å². The van der Waals surface area contributed by atoms with Crippen LogP contribution >= 0.6 is 17.0 Å². The van der Waals surface area contributed by atoms with E-state index in [-0.39, 0.29) is 5.43 Å². The Labute approximate surface area is 348 Å². The predicted octanol–water partition coefficient (Wildman–Crippen LogP) is 16.0. The van der Waals surface area contributed by atoms with Crippen molar-refractivity contribution in [3.05, 3.63) is 155 Å². The van der Waals surface area contributed by atoms with E-state index in [9.17, 15) is 0 Å². The molecule has 8 rings (SSSR count). The van der Waals surface area contributed by atoms with Gasteiger partial charge in [-0.3, -0.25) is 0 Å². The zero-order valence-corrected chi connectivity index (χ0v) is 38.9. The summed E-state index contributed by atoms with van der Waals surface area (Å²) in [6.45, 7) is 17.2. The van der Waals surface area contributed by atoms with E-state index in [0.717, 1.165) is 59.9 Å². The summed E-state index contributed by atoms with van der Waals surface area (Å²) in [5.74, 6) is 3.79. The molecule has 0 unspecified atom stereocenters. The van der Waals surface area contributed by atoms with E-state index >= 15 is 0 Å². The average Bonchev–Trinajstić information content (AvgIpc) is 4.04. The quantitative estimate of drug-likeness (QED) is 0.112. The number of benzene rings is 4. The first kappa shape index (κ1) is 42.0. The van der Waals surface area contributed by atoms with E-state index in [2.05, 4.69) is 150 Å². The van der Waals surface area contributed by atoms with Gasteiger partial charge in [0, 0.05) is 0 Å². The molecule has 0 radical (unpaired) electrons. The average molecular weight is 875 g/mol. The molecular weight excluding hydrogens is 823 g/mol. The molecule has 0 bridgehead atoms. The van der Waals surface area contributed by atoms with Gasteiger partial charge in [-0.2, -0.15) is 0 Å². The molecule has 0 atom stereocenters. The first-order chi connectivity index (χ1) is 27.0. The molecule has 0 saturated heterocycles. The van der Waals surface area contributed by atoms with Crippen LogP contribution in [0.25, 0.3) is 66.4 Å². The molecular formula is C50H52Cl2O2SiZr-2. The van der Waals surface area contributed by atoms with Crippen molar-refractivity contribution in [2.45, 2.75) is 80.3 Å². The van der Waals surface area contributed by atoms with Crippen LogP contribution in [0.15, 0.2) is 130 Å². The van der Waals surface area contributed by atoms with Crippen molar-refractivity contribution in [3.63, 3.8) is 0 Å². The number of hydrogen-bond acceptors (Lipinski definition) is 2. The third-order valence-corrected chi connectivity index (χ3v) is 30.2. The van der Waals surface area contributed by atoms with E-state index in [1.165, 1.54) is 66.1 Å². The molecule has 0 amide bonds. The van der Waals surface area contributed by atoms with Gasteiger partial charge < -0.3 is 8.83 Å². The summed E-state index contributed by atoms with van der Waals surface area (Å²) >= 11 is -1.65. The molecule has 0 aliphatic carbocycles. The van der Waals surface area contributed by atoms with Crippen LogP contribution in [0.5, 0.6) is 0 Å². The number of rotatable bonds is 8. The van der Waals surface area contributed by atoms with Gasteiger partial charge in [0.25, 0.3) is 0 Å². The summed E-state index contributed by atoms with van der Waals surface area (Å²) in [7, 11) is 11.2. The van der Waals surface area contributed by atoms with Crippen molar-refractivity contribution >= 4 is 44.0 Å². The summed E-state index contributed by atoms with van der Waals surface area (Å²) < 4.78 is 11.7. The summed E-state index contributed by atoms with van der Waals surface area (Å²) in [4.78, 5) is 0. The normalized spacial score (nSPS) is 11.0. The van der Waals surface area contributed by atoms with E-state index in [1.807, 2.05) is 26.0 Å². The SMILES string of the molecule is CCc1ccc(-c2c(CC)ccc3[cH-]c(-c4ccc(C)o4)cc23)cc1.CCc1ccc(-c2c(CC)ccc3[cH-]c(-c4ccc(C)o4)cc23)cc1.C[Si](C)=[Zr]([Cl])[Cl]. The first-order valence-corrected chi connectivity index (χ1v) is 32.3. The minimum absolute atomic E-state index is 0.224. The van der Waals surface area contributed by atoms with Gasteiger partial charge in [-0.15, -0.1) is 57.9 Å². The molecule has 56 heavy (non-hydrogen) atoms. The number of furan rings is 2. The van der Waals surface area contributed by atoms with Crippen molar-refractivity contribution in [3.8, 4) is 44.9 Å². The van der Waals surface area contributed by atoms with E-state index in [1.54, 1.807) is 0 Å². The van der Waals surface area contributed by atoms with Crippen LogP contribution in [0.2, 0.25) is 13.1 Å². The standard InChI is InChI=1S/2C24H23O.C2H6Si.2ClH.Zr/c2*1-4-17-7-9-19(10-8-17)24-18(5-2)11-12-20-14-21(15-22(20)24)23-13-6-16(3)25-23;1-3-2;;;/h2*6-15H,4-5H2,1-3H3;1-2H3;2*1H;/q2*-1;;;;+2/p-2. The summed E-state index contributed by atoms with van der Waals surface area (Å²) in [6, 6.07) is 44.2. The van der Waals surface area contributed by atoms with Crippen LogP contribution in [-0.4, -0.2) is 5.43 Å². The van der Waals surface area contributed by atoms with E-state index in [0.29, 0.717) is 0 Å². The van der Waals surface area contributed by atoms with Crippen molar-refractivity contribution in [1.29, 1.82) is 0 Å². The molecule has 0 saturated carbocycles. The van der Waals surface area contributed by atoms with Gasteiger partial charge in [-0.25, -0.2) is 0 Å². The Balaban J connectivity index is 0.000000166. The maximum atomic E-state index is 5.83. The Morgan fingerprint density at radius 1 is 0.518 bits per heavy atom. The van der Waals surface area contributed by atoms with E-state index < -0.39 is 18.0 Å².